The number of nitrogens with zero attached hydrogens (tertiary/aromatic N) is 2. The molecule has 1 aliphatic rings. The van der Waals surface area contributed by atoms with Crippen LogP contribution in [0.5, 0.6) is 0 Å². The Morgan fingerprint density at radius 2 is 2.08 bits per heavy atom. The lowest BCUT2D eigenvalue weighted by Crippen LogP contribution is -2.39. The van der Waals surface area contributed by atoms with Crippen LogP contribution in [0.2, 0.25) is 0 Å². The van der Waals surface area contributed by atoms with Gasteiger partial charge in [-0.1, -0.05) is 12.8 Å². The van der Waals surface area contributed by atoms with Gasteiger partial charge in [0, 0.05) is 12.6 Å². The lowest BCUT2D eigenvalue weighted by atomic mass is 10.1. The summed E-state index contributed by atoms with van der Waals surface area (Å²) in [5.41, 5.74) is 1.95. The summed E-state index contributed by atoms with van der Waals surface area (Å²) < 4.78 is 0. The molecule has 8 heteroatoms. The average molecular weight is 333 g/mol. The van der Waals surface area contributed by atoms with Crippen LogP contribution in [0, 0.1) is 5.92 Å². The minimum atomic E-state index is -0.647. The van der Waals surface area contributed by atoms with Crippen molar-refractivity contribution in [1.82, 2.24) is 20.8 Å². The van der Waals surface area contributed by atoms with Crippen LogP contribution >= 0.6 is 0 Å². The Morgan fingerprint density at radius 1 is 1.33 bits per heavy atom. The quantitative estimate of drug-likeness (QED) is 0.337. The fourth-order valence-corrected chi connectivity index (χ4v) is 2.60. The molecular formula is C16H23N5O3. The number of rotatable bonds is 7. The molecule has 4 N–H and O–H groups in total. The Kier molecular flexibility index (Phi) is 6.68. The van der Waals surface area contributed by atoms with Crippen molar-refractivity contribution in [3.8, 4) is 0 Å². The van der Waals surface area contributed by atoms with E-state index in [2.05, 4.69) is 20.6 Å². The van der Waals surface area contributed by atoms with E-state index in [9.17, 15) is 9.59 Å². The van der Waals surface area contributed by atoms with Gasteiger partial charge in [0.05, 0.1) is 18.1 Å². The van der Waals surface area contributed by atoms with Crippen LogP contribution in [0.15, 0.2) is 18.5 Å². The monoisotopic (exact) mass is 333 g/mol. The third-order valence-electron chi connectivity index (χ3n) is 3.98. The molecule has 0 spiro atoms. The van der Waals surface area contributed by atoms with E-state index in [0.717, 1.165) is 12.6 Å². The maximum Gasteiger partial charge on any atom is 0.267 e. The van der Waals surface area contributed by atoms with Gasteiger partial charge in [-0.05, 0) is 31.8 Å². The zero-order valence-electron chi connectivity index (χ0n) is 13.7. The molecule has 1 heterocycles. The van der Waals surface area contributed by atoms with E-state index in [1.807, 2.05) is 0 Å². The van der Waals surface area contributed by atoms with Gasteiger partial charge in [0.15, 0.2) is 0 Å². The Morgan fingerprint density at radius 3 is 2.71 bits per heavy atom. The molecule has 8 nitrogen and oxygen atoms in total. The third-order valence-corrected chi connectivity index (χ3v) is 3.98. The highest BCUT2D eigenvalue weighted by molar-refractivity contribution is 5.90. The summed E-state index contributed by atoms with van der Waals surface area (Å²) in [7, 11) is 0. The van der Waals surface area contributed by atoms with Crippen molar-refractivity contribution in [2.45, 2.75) is 38.6 Å². The number of amides is 2. The van der Waals surface area contributed by atoms with Gasteiger partial charge < -0.3 is 10.6 Å². The highest BCUT2D eigenvalue weighted by atomic mass is 16.5. The average Bonchev–Trinajstić information content (AvgIpc) is 3.12. The second kappa shape index (κ2) is 8.97. The van der Waals surface area contributed by atoms with E-state index in [4.69, 9.17) is 5.21 Å². The smallest absolute Gasteiger partial charge is 0.267 e. The van der Waals surface area contributed by atoms with E-state index < -0.39 is 11.9 Å². The number of hydrogen-bond donors (Lipinski definition) is 4. The number of hydrogen-bond acceptors (Lipinski definition) is 6. The summed E-state index contributed by atoms with van der Waals surface area (Å²) in [5, 5.41) is 14.3. The van der Waals surface area contributed by atoms with Crippen LogP contribution < -0.4 is 16.1 Å². The highest BCUT2D eigenvalue weighted by Crippen LogP contribution is 2.23. The van der Waals surface area contributed by atoms with E-state index in [1.165, 1.54) is 49.6 Å². The molecule has 24 heavy (non-hydrogen) atoms. The van der Waals surface area contributed by atoms with Crippen LogP contribution in [0.4, 0.5) is 5.82 Å². The molecule has 1 fully saturated rings. The lowest BCUT2D eigenvalue weighted by molar-refractivity contribution is -0.124. The number of anilines is 1. The van der Waals surface area contributed by atoms with Crippen molar-refractivity contribution in [1.29, 1.82) is 0 Å². The van der Waals surface area contributed by atoms with Gasteiger partial charge in [-0.3, -0.25) is 19.8 Å². The van der Waals surface area contributed by atoms with Gasteiger partial charge in [0.2, 0.25) is 5.91 Å². The maximum atomic E-state index is 12.1. The summed E-state index contributed by atoms with van der Waals surface area (Å²) in [4.78, 5) is 31.2. The minimum Gasteiger partial charge on any atom is -0.357 e. The maximum absolute atomic E-state index is 12.1. The van der Waals surface area contributed by atoms with Gasteiger partial charge in [0.1, 0.15) is 11.9 Å². The van der Waals surface area contributed by atoms with Crippen molar-refractivity contribution in [2.24, 2.45) is 5.92 Å². The topological polar surface area (TPSA) is 116 Å². The van der Waals surface area contributed by atoms with Gasteiger partial charge in [-0.2, -0.15) is 0 Å². The second-order valence-electron chi connectivity index (χ2n) is 5.90. The van der Waals surface area contributed by atoms with E-state index >= 15 is 0 Å². The summed E-state index contributed by atoms with van der Waals surface area (Å²) in [5.74, 6) is 0.365. The summed E-state index contributed by atoms with van der Waals surface area (Å²) in [6.07, 6.45) is 10.4. The largest absolute Gasteiger partial charge is 0.357 e. The molecule has 1 saturated carbocycles. The molecule has 2 amide bonds. The van der Waals surface area contributed by atoms with Crippen LogP contribution in [0.25, 0.3) is 6.08 Å². The Labute approximate surface area is 140 Å². The number of carbonyl (C=O) groups excluding carboxylic acids is 2. The van der Waals surface area contributed by atoms with Gasteiger partial charge in [-0.25, -0.2) is 10.5 Å². The first-order valence-electron chi connectivity index (χ1n) is 8.07. The van der Waals surface area contributed by atoms with Crippen LogP contribution in [-0.2, 0) is 9.59 Å². The second-order valence-corrected chi connectivity index (χ2v) is 5.90. The molecule has 0 aliphatic heterocycles. The number of nitrogens with one attached hydrogen (secondary N) is 3. The van der Waals surface area contributed by atoms with Crippen molar-refractivity contribution in [2.75, 3.05) is 11.9 Å². The van der Waals surface area contributed by atoms with E-state index in [-0.39, 0.29) is 5.91 Å². The van der Waals surface area contributed by atoms with E-state index in [0.29, 0.717) is 17.4 Å². The fraction of sp³-hybridized carbons (Fsp3) is 0.500. The summed E-state index contributed by atoms with van der Waals surface area (Å²) in [6.45, 7) is 2.50. The predicted molar refractivity (Wildman–Crippen MR) is 89.0 cm³/mol. The molecule has 0 unspecified atom stereocenters. The van der Waals surface area contributed by atoms with Gasteiger partial charge in [0.25, 0.3) is 5.91 Å². The molecular weight excluding hydrogens is 310 g/mol. The van der Waals surface area contributed by atoms with E-state index in [1.54, 1.807) is 6.92 Å². The van der Waals surface area contributed by atoms with Crippen molar-refractivity contribution in [3.05, 3.63) is 24.2 Å². The number of carbonyl (C=O) groups is 2. The molecule has 1 aromatic rings. The molecule has 0 saturated heterocycles. The minimum absolute atomic E-state index is 0.0627. The van der Waals surface area contributed by atoms with Crippen LogP contribution in [0.1, 0.15) is 38.3 Å². The first-order valence-corrected chi connectivity index (χ1v) is 8.07. The SMILES string of the molecule is C[C@@H](Nc1cnc(/C=C/C(=O)NO)cn1)C(=O)NCC1CCCC1. The molecule has 1 aliphatic carbocycles. The van der Waals surface area contributed by atoms with Crippen molar-refractivity contribution >= 4 is 23.7 Å². The fourth-order valence-electron chi connectivity index (χ4n) is 2.60. The number of hydroxylamine groups is 1. The highest BCUT2D eigenvalue weighted by Gasteiger charge is 2.18. The molecule has 0 radical (unpaired) electrons. The zero-order valence-corrected chi connectivity index (χ0v) is 13.7. The number of aromatic nitrogens is 2. The Balaban J connectivity index is 1.80. The normalized spacial score (nSPS) is 16.1. The molecule has 1 atom stereocenters. The van der Waals surface area contributed by atoms with Crippen molar-refractivity contribution in [3.63, 3.8) is 0 Å². The Bertz CT molecular complexity index is 582. The third kappa shape index (κ3) is 5.62. The first-order chi connectivity index (χ1) is 11.6. The standard InChI is InChI=1S/C16H23N5O3/c1-11(16(23)19-8-12-4-2-3-5-12)20-14-10-17-13(9-18-14)6-7-15(22)21-24/h6-7,9-12,24H,2-5,8H2,1H3,(H,18,20)(H,19,23)(H,21,22)/b7-6+/t11-/m1/s1. The zero-order chi connectivity index (χ0) is 17.4. The molecule has 0 bridgehead atoms. The molecule has 2 rings (SSSR count). The van der Waals surface area contributed by atoms with Crippen molar-refractivity contribution < 1.29 is 14.8 Å². The molecule has 1 aromatic heterocycles. The molecule has 0 aromatic carbocycles. The summed E-state index contributed by atoms with van der Waals surface area (Å²) >= 11 is 0. The summed E-state index contributed by atoms with van der Waals surface area (Å²) in [6, 6.07) is -0.415. The first kappa shape index (κ1) is 17.9. The van der Waals surface area contributed by atoms with Crippen LogP contribution in [-0.4, -0.2) is 39.6 Å². The van der Waals surface area contributed by atoms with Crippen LogP contribution in [0.3, 0.4) is 0 Å². The lowest BCUT2D eigenvalue weighted by Gasteiger charge is -2.16. The predicted octanol–water partition coefficient (Wildman–Crippen LogP) is 1.10. The Hall–Kier alpha value is -2.48. The van der Waals surface area contributed by atoms with Gasteiger partial charge >= 0.3 is 0 Å². The van der Waals surface area contributed by atoms with Gasteiger partial charge in [-0.15, -0.1) is 0 Å². The molecule has 130 valence electrons.